The third-order valence-corrected chi connectivity index (χ3v) is 6.31. The first-order chi connectivity index (χ1) is 11.0. The zero-order chi connectivity index (χ0) is 16.0. The third-order valence-electron chi connectivity index (χ3n) is 4.82. The highest BCUT2D eigenvalue weighted by atomic mass is 35.5. The smallest absolute Gasteiger partial charge is 0.258 e. The van der Waals surface area contributed by atoms with Gasteiger partial charge in [-0.1, -0.05) is 12.1 Å². The lowest BCUT2D eigenvalue weighted by molar-refractivity contribution is 0.345. The predicted octanol–water partition coefficient (Wildman–Crippen LogP) is 1.77. The number of aryl methyl sites for hydroxylation is 1. The molecule has 0 amide bonds. The van der Waals surface area contributed by atoms with Crippen LogP contribution in [0.25, 0.3) is 11.1 Å². The number of nitrogens with zero attached hydrogens (tertiary/aromatic N) is 2. The van der Waals surface area contributed by atoms with E-state index in [2.05, 4.69) is 20.2 Å². The summed E-state index contributed by atoms with van der Waals surface area (Å²) in [6.07, 6.45) is 5.97. The average molecular weight is 373 g/mol. The molecule has 4 rings (SSSR count). The van der Waals surface area contributed by atoms with E-state index in [1.807, 2.05) is 6.92 Å². The monoisotopic (exact) mass is 372 g/mol. The second kappa shape index (κ2) is 6.59. The lowest BCUT2D eigenvalue weighted by atomic mass is 10.0. The Morgan fingerprint density at radius 1 is 1.33 bits per heavy atom. The summed E-state index contributed by atoms with van der Waals surface area (Å²) in [6.45, 7) is 1.95. The van der Waals surface area contributed by atoms with Gasteiger partial charge in [-0.05, 0) is 38.2 Å². The Kier molecular flexibility index (Phi) is 4.83. The van der Waals surface area contributed by atoms with Gasteiger partial charge in [0.25, 0.3) is 5.71 Å². The van der Waals surface area contributed by atoms with Gasteiger partial charge in [0.2, 0.25) is 10.0 Å². The maximum Gasteiger partial charge on any atom is 0.258 e. The van der Waals surface area contributed by atoms with Crippen molar-refractivity contribution < 1.29 is 12.9 Å². The van der Waals surface area contributed by atoms with Crippen LogP contribution in [0.3, 0.4) is 0 Å². The number of hydrogen-bond acceptors (Lipinski definition) is 6. The maximum absolute atomic E-state index is 12.7. The molecule has 2 bridgehead atoms. The number of fused-ring (bicyclic) bond motifs is 3. The highest BCUT2D eigenvalue weighted by Crippen LogP contribution is 2.28. The van der Waals surface area contributed by atoms with Crippen LogP contribution < -0.4 is 10.0 Å². The summed E-state index contributed by atoms with van der Waals surface area (Å²) in [5.74, 6) is 0. The van der Waals surface area contributed by atoms with E-state index in [-0.39, 0.29) is 23.3 Å². The number of sulfonamides is 1. The summed E-state index contributed by atoms with van der Waals surface area (Å²) in [6, 6.07) is 2.47. The molecule has 2 aliphatic heterocycles. The Morgan fingerprint density at radius 2 is 2.04 bits per heavy atom. The van der Waals surface area contributed by atoms with Crippen molar-refractivity contribution in [2.45, 2.75) is 62.0 Å². The van der Waals surface area contributed by atoms with Gasteiger partial charge >= 0.3 is 0 Å². The molecular formula is C15H21ClN4O3S. The summed E-state index contributed by atoms with van der Waals surface area (Å²) >= 11 is 0. The van der Waals surface area contributed by atoms with Crippen LogP contribution in [0.4, 0.5) is 0 Å². The Bertz CT molecular complexity index is 826. The highest BCUT2D eigenvalue weighted by Gasteiger charge is 2.35. The van der Waals surface area contributed by atoms with Crippen molar-refractivity contribution in [3.05, 3.63) is 18.0 Å². The van der Waals surface area contributed by atoms with Crippen LogP contribution >= 0.6 is 12.4 Å². The van der Waals surface area contributed by atoms with E-state index in [4.69, 9.17) is 4.52 Å². The molecule has 2 fully saturated rings. The van der Waals surface area contributed by atoms with Gasteiger partial charge in [-0.2, -0.15) is 0 Å². The van der Waals surface area contributed by atoms with Crippen LogP contribution in [0.1, 0.15) is 38.3 Å². The fraction of sp³-hybridized carbons (Fsp3) is 0.600. The van der Waals surface area contributed by atoms with E-state index in [1.165, 1.54) is 6.20 Å². The lowest BCUT2D eigenvalue weighted by Gasteiger charge is -2.29. The van der Waals surface area contributed by atoms with Gasteiger partial charge in [0.1, 0.15) is 4.90 Å². The summed E-state index contributed by atoms with van der Waals surface area (Å²) < 4.78 is 33.3. The van der Waals surface area contributed by atoms with Crippen molar-refractivity contribution in [2.24, 2.45) is 0 Å². The summed E-state index contributed by atoms with van der Waals surface area (Å²) in [5.41, 5.74) is 1.10. The normalized spacial score (nSPS) is 26.5. The number of pyridine rings is 1. The van der Waals surface area contributed by atoms with Crippen molar-refractivity contribution in [1.82, 2.24) is 20.2 Å². The fourth-order valence-corrected chi connectivity index (χ4v) is 4.93. The Labute approximate surface area is 147 Å². The van der Waals surface area contributed by atoms with Crippen LogP contribution in [0, 0.1) is 0 Å². The molecule has 24 heavy (non-hydrogen) atoms. The first-order valence-corrected chi connectivity index (χ1v) is 9.56. The van der Waals surface area contributed by atoms with E-state index >= 15 is 0 Å². The van der Waals surface area contributed by atoms with Crippen LogP contribution in [0.5, 0.6) is 0 Å². The molecule has 2 aromatic heterocycles. The van der Waals surface area contributed by atoms with Crippen molar-refractivity contribution in [2.75, 3.05) is 0 Å². The van der Waals surface area contributed by atoms with Crippen molar-refractivity contribution in [1.29, 1.82) is 0 Å². The maximum atomic E-state index is 12.7. The quantitative estimate of drug-likeness (QED) is 0.848. The number of halogens is 1. The summed E-state index contributed by atoms with van der Waals surface area (Å²) in [7, 11) is -3.58. The fourth-order valence-electron chi connectivity index (χ4n) is 3.70. The number of piperidine rings is 1. The van der Waals surface area contributed by atoms with Gasteiger partial charge in [-0.15, -0.1) is 12.4 Å². The second-order valence-electron chi connectivity index (χ2n) is 6.43. The molecule has 0 radical (unpaired) electrons. The van der Waals surface area contributed by atoms with Crippen molar-refractivity contribution >= 4 is 33.5 Å². The molecule has 2 aromatic rings. The minimum Gasteiger partial charge on any atom is -0.336 e. The molecule has 2 atom stereocenters. The largest absolute Gasteiger partial charge is 0.336 e. The van der Waals surface area contributed by atoms with E-state index in [9.17, 15) is 8.42 Å². The van der Waals surface area contributed by atoms with E-state index < -0.39 is 10.0 Å². The SMILES string of the molecule is CCc1noc2ncc(S(=O)(=O)NC3CC4CCC(C3)N4)cc12.Cl. The Balaban J connectivity index is 0.00000169. The van der Waals surface area contributed by atoms with E-state index in [0.717, 1.165) is 31.4 Å². The minimum absolute atomic E-state index is 0. The molecule has 0 aliphatic carbocycles. The zero-order valence-corrected chi connectivity index (χ0v) is 15.0. The van der Waals surface area contributed by atoms with Gasteiger partial charge < -0.3 is 9.84 Å². The molecule has 0 aromatic carbocycles. The molecule has 2 unspecified atom stereocenters. The molecule has 0 spiro atoms. The van der Waals surface area contributed by atoms with Crippen molar-refractivity contribution in [3.8, 4) is 0 Å². The zero-order valence-electron chi connectivity index (χ0n) is 13.4. The number of aromatic nitrogens is 2. The molecule has 0 saturated carbocycles. The second-order valence-corrected chi connectivity index (χ2v) is 8.15. The van der Waals surface area contributed by atoms with Gasteiger partial charge in [-0.3, -0.25) is 0 Å². The number of hydrogen-bond donors (Lipinski definition) is 2. The molecule has 4 heterocycles. The third kappa shape index (κ3) is 3.15. The summed E-state index contributed by atoms with van der Waals surface area (Å²) in [4.78, 5) is 4.27. The van der Waals surface area contributed by atoms with Gasteiger partial charge in [0.05, 0.1) is 17.3 Å². The number of rotatable bonds is 4. The standard InChI is InChI=1S/C15H20N4O3S.ClH/c1-2-14-13-7-12(8-16-15(13)22-18-14)23(20,21)19-11-5-9-3-4-10(6-11)17-9;/h7-11,17,19H,2-6H2,1H3;1H. The van der Waals surface area contributed by atoms with Crippen LogP contribution in [0.2, 0.25) is 0 Å². The van der Waals surface area contributed by atoms with Crippen LogP contribution in [-0.2, 0) is 16.4 Å². The average Bonchev–Trinajstić information content (AvgIpc) is 3.09. The van der Waals surface area contributed by atoms with E-state index in [1.54, 1.807) is 6.07 Å². The first kappa shape index (κ1) is 17.6. The highest BCUT2D eigenvalue weighted by molar-refractivity contribution is 7.89. The van der Waals surface area contributed by atoms with Crippen molar-refractivity contribution in [3.63, 3.8) is 0 Å². The topological polar surface area (TPSA) is 97.1 Å². The minimum atomic E-state index is -3.58. The molecular weight excluding hydrogens is 352 g/mol. The van der Waals surface area contributed by atoms with E-state index in [0.29, 0.717) is 29.6 Å². The molecule has 2 aliphatic rings. The molecule has 7 nitrogen and oxygen atoms in total. The van der Waals surface area contributed by atoms with Gasteiger partial charge in [0.15, 0.2) is 0 Å². The van der Waals surface area contributed by atoms with Crippen LogP contribution in [-0.4, -0.2) is 36.7 Å². The van der Waals surface area contributed by atoms with Gasteiger partial charge in [0, 0.05) is 18.1 Å². The first-order valence-electron chi connectivity index (χ1n) is 8.08. The Hall–Kier alpha value is -1.22. The van der Waals surface area contributed by atoms with Crippen LogP contribution in [0.15, 0.2) is 21.7 Å². The molecule has 9 heteroatoms. The molecule has 2 saturated heterocycles. The predicted molar refractivity (Wildman–Crippen MR) is 91.7 cm³/mol. The summed E-state index contributed by atoms with van der Waals surface area (Å²) in [5, 5.41) is 8.10. The molecule has 2 N–H and O–H groups in total. The Morgan fingerprint density at radius 3 is 2.71 bits per heavy atom. The molecule has 132 valence electrons. The lowest BCUT2D eigenvalue weighted by Crippen LogP contribution is -2.47. The van der Waals surface area contributed by atoms with Gasteiger partial charge in [-0.25, -0.2) is 18.1 Å². The number of nitrogens with one attached hydrogen (secondary N) is 2.